The average molecular weight is 324 g/mol. The van der Waals surface area contributed by atoms with Gasteiger partial charge in [-0.15, -0.1) is 0 Å². The molecular formula is C20H20O4. The molecule has 2 rings (SSSR count). The first kappa shape index (κ1) is 17.3. The smallest absolute Gasteiger partial charge is 0.185 e. The Hall–Kier alpha value is -3.01. The molecular weight excluding hydrogens is 304 g/mol. The second kappa shape index (κ2) is 8.58. The highest BCUT2D eigenvalue weighted by atomic mass is 16.5. The number of rotatable bonds is 8. The van der Waals surface area contributed by atoms with E-state index >= 15 is 0 Å². The summed E-state index contributed by atoms with van der Waals surface area (Å²) in [5, 5.41) is 0. The van der Waals surface area contributed by atoms with Crippen LogP contribution >= 0.6 is 0 Å². The van der Waals surface area contributed by atoms with Crippen LogP contribution in [0.4, 0.5) is 0 Å². The fourth-order valence-electron chi connectivity index (χ4n) is 2.18. The number of carbonyl (C=O) groups excluding carboxylic acids is 1. The van der Waals surface area contributed by atoms with Crippen LogP contribution in [0.15, 0.2) is 61.2 Å². The molecule has 0 fully saturated rings. The first-order valence-corrected chi connectivity index (χ1v) is 7.46. The number of ether oxygens (including phenoxy) is 3. The summed E-state index contributed by atoms with van der Waals surface area (Å²) in [4.78, 5) is 12.3. The van der Waals surface area contributed by atoms with Crippen molar-refractivity contribution in [2.75, 3.05) is 20.8 Å². The molecule has 0 bridgehead atoms. The van der Waals surface area contributed by atoms with Crippen molar-refractivity contribution in [1.29, 1.82) is 0 Å². The highest BCUT2D eigenvalue weighted by Gasteiger charge is 2.08. The predicted octanol–water partition coefficient (Wildman–Crippen LogP) is 4.16. The van der Waals surface area contributed by atoms with Crippen LogP contribution < -0.4 is 14.2 Å². The number of para-hydroxylation sites is 1. The van der Waals surface area contributed by atoms with Gasteiger partial charge in [-0.3, -0.25) is 4.79 Å². The molecule has 2 aromatic rings. The molecule has 0 spiro atoms. The Morgan fingerprint density at radius 3 is 2.46 bits per heavy atom. The van der Waals surface area contributed by atoms with Gasteiger partial charge in [0.15, 0.2) is 17.3 Å². The lowest BCUT2D eigenvalue weighted by molar-refractivity contribution is 0.104. The first-order valence-electron chi connectivity index (χ1n) is 7.46. The second-order valence-corrected chi connectivity index (χ2v) is 4.90. The molecule has 0 radical (unpaired) electrons. The maximum Gasteiger partial charge on any atom is 0.185 e. The zero-order valence-electron chi connectivity index (χ0n) is 13.8. The molecule has 0 heterocycles. The highest BCUT2D eigenvalue weighted by Crippen LogP contribution is 2.31. The Morgan fingerprint density at radius 1 is 1.08 bits per heavy atom. The van der Waals surface area contributed by atoms with Crippen molar-refractivity contribution in [2.45, 2.75) is 0 Å². The number of methoxy groups -OCH3 is 2. The Bertz CT molecular complexity index is 730. The Balaban J connectivity index is 2.14. The van der Waals surface area contributed by atoms with Gasteiger partial charge in [0, 0.05) is 11.1 Å². The summed E-state index contributed by atoms with van der Waals surface area (Å²) in [6, 6.07) is 12.5. The molecule has 0 aliphatic heterocycles. The summed E-state index contributed by atoms with van der Waals surface area (Å²) in [5.41, 5.74) is 1.36. The third-order valence-corrected chi connectivity index (χ3v) is 3.35. The van der Waals surface area contributed by atoms with E-state index in [4.69, 9.17) is 14.2 Å². The molecule has 24 heavy (non-hydrogen) atoms. The van der Waals surface area contributed by atoms with Crippen LogP contribution in [-0.4, -0.2) is 26.6 Å². The maximum absolute atomic E-state index is 12.3. The zero-order chi connectivity index (χ0) is 17.4. The molecule has 0 aromatic heterocycles. The van der Waals surface area contributed by atoms with E-state index in [1.807, 2.05) is 12.1 Å². The fourth-order valence-corrected chi connectivity index (χ4v) is 2.18. The monoisotopic (exact) mass is 324 g/mol. The number of hydrogen-bond donors (Lipinski definition) is 0. The van der Waals surface area contributed by atoms with E-state index in [1.54, 1.807) is 56.7 Å². The van der Waals surface area contributed by atoms with Gasteiger partial charge in [-0.2, -0.15) is 0 Å². The van der Waals surface area contributed by atoms with Crippen molar-refractivity contribution in [3.63, 3.8) is 0 Å². The van der Waals surface area contributed by atoms with E-state index in [1.165, 1.54) is 6.08 Å². The molecule has 4 nitrogen and oxygen atoms in total. The van der Waals surface area contributed by atoms with Gasteiger partial charge < -0.3 is 14.2 Å². The van der Waals surface area contributed by atoms with Gasteiger partial charge >= 0.3 is 0 Å². The van der Waals surface area contributed by atoms with E-state index in [2.05, 4.69) is 6.58 Å². The van der Waals surface area contributed by atoms with E-state index in [-0.39, 0.29) is 5.78 Å². The molecule has 0 atom stereocenters. The number of benzene rings is 2. The maximum atomic E-state index is 12.3. The van der Waals surface area contributed by atoms with Crippen LogP contribution in [-0.2, 0) is 0 Å². The van der Waals surface area contributed by atoms with Crippen LogP contribution in [0.2, 0.25) is 0 Å². The van der Waals surface area contributed by atoms with Crippen LogP contribution in [0.1, 0.15) is 15.9 Å². The van der Waals surface area contributed by atoms with Gasteiger partial charge in [0.05, 0.1) is 14.2 Å². The van der Waals surface area contributed by atoms with Gasteiger partial charge in [-0.25, -0.2) is 0 Å². The Morgan fingerprint density at radius 2 is 1.83 bits per heavy atom. The molecule has 4 heteroatoms. The van der Waals surface area contributed by atoms with E-state index in [0.29, 0.717) is 29.4 Å². The normalized spacial score (nSPS) is 10.4. The van der Waals surface area contributed by atoms with Crippen LogP contribution in [0.5, 0.6) is 17.2 Å². The van der Waals surface area contributed by atoms with E-state index in [9.17, 15) is 4.79 Å². The van der Waals surface area contributed by atoms with Crippen molar-refractivity contribution in [1.82, 2.24) is 0 Å². The van der Waals surface area contributed by atoms with Crippen molar-refractivity contribution in [3.05, 3.63) is 72.3 Å². The summed E-state index contributed by atoms with van der Waals surface area (Å²) >= 11 is 0. The topological polar surface area (TPSA) is 44.8 Å². The largest absolute Gasteiger partial charge is 0.493 e. The van der Waals surface area contributed by atoms with Crippen molar-refractivity contribution in [3.8, 4) is 17.2 Å². The molecule has 0 aliphatic carbocycles. The molecule has 0 amide bonds. The third kappa shape index (κ3) is 4.26. The van der Waals surface area contributed by atoms with Gasteiger partial charge in [0.2, 0.25) is 0 Å². The minimum absolute atomic E-state index is 0.102. The highest BCUT2D eigenvalue weighted by molar-refractivity contribution is 6.07. The zero-order valence-corrected chi connectivity index (χ0v) is 13.8. The third-order valence-electron chi connectivity index (χ3n) is 3.35. The van der Waals surface area contributed by atoms with Gasteiger partial charge in [0.1, 0.15) is 12.4 Å². The fraction of sp³-hybridized carbons (Fsp3) is 0.150. The van der Waals surface area contributed by atoms with Gasteiger partial charge in [-0.05, 0) is 42.5 Å². The van der Waals surface area contributed by atoms with Crippen molar-refractivity contribution in [2.24, 2.45) is 0 Å². The van der Waals surface area contributed by atoms with Crippen LogP contribution in [0.25, 0.3) is 6.08 Å². The minimum atomic E-state index is -0.102. The number of ketones is 1. The number of hydrogen-bond acceptors (Lipinski definition) is 4. The van der Waals surface area contributed by atoms with Crippen LogP contribution in [0, 0.1) is 0 Å². The molecule has 0 saturated heterocycles. The molecule has 124 valence electrons. The predicted molar refractivity (Wildman–Crippen MR) is 95.0 cm³/mol. The summed E-state index contributed by atoms with van der Waals surface area (Å²) in [5.74, 6) is 1.81. The second-order valence-electron chi connectivity index (χ2n) is 4.90. The average Bonchev–Trinajstić information content (AvgIpc) is 2.64. The van der Waals surface area contributed by atoms with Gasteiger partial charge in [0.25, 0.3) is 0 Å². The van der Waals surface area contributed by atoms with Crippen molar-refractivity contribution >= 4 is 11.9 Å². The SMILES string of the molecule is C=CCOc1ccc(C(=O)/C=C/c2cccc(OC)c2OC)cc1. The Labute approximate surface area is 142 Å². The molecule has 0 unspecified atom stereocenters. The quantitative estimate of drug-likeness (QED) is 0.415. The standard InChI is InChI=1S/C20H20O4/c1-4-14-24-17-11-8-15(9-12-17)18(21)13-10-16-6-5-7-19(22-2)20(16)23-3/h4-13H,1,14H2,2-3H3/b13-10+. The minimum Gasteiger partial charge on any atom is -0.493 e. The summed E-state index contributed by atoms with van der Waals surface area (Å²) in [6.07, 6.45) is 4.89. The number of carbonyl (C=O) groups is 1. The molecule has 0 aliphatic rings. The van der Waals surface area contributed by atoms with Crippen LogP contribution in [0.3, 0.4) is 0 Å². The van der Waals surface area contributed by atoms with Crippen molar-refractivity contribution < 1.29 is 19.0 Å². The summed E-state index contributed by atoms with van der Waals surface area (Å²) in [7, 11) is 3.14. The summed E-state index contributed by atoms with van der Waals surface area (Å²) in [6.45, 7) is 4.03. The van der Waals surface area contributed by atoms with E-state index in [0.717, 1.165) is 5.56 Å². The molecule has 0 N–H and O–H groups in total. The number of allylic oxidation sites excluding steroid dienone is 1. The lowest BCUT2D eigenvalue weighted by Gasteiger charge is -2.09. The molecule has 2 aromatic carbocycles. The lowest BCUT2D eigenvalue weighted by Crippen LogP contribution is -1.97. The summed E-state index contributed by atoms with van der Waals surface area (Å²) < 4.78 is 16.0. The van der Waals surface area contributed by atoms with E-state index < -0.39 is 0 Å². The lowest BCUT2D eigenvalue weighted by atomic mass is 10.1. The molecule has 0 saturated carbocycles. The first-order chi connectivity index (χ1) is 11.7. The Kier molecular flexibility index (Phi) is 6.20. The van der Waals surface area contributed by atoms with Gasteiger partial charge in [-0.1, -0.05) is 24.8 Å².